The fraction of sp³-hybridized carbons (Fsp3) is 0.400. The first-order valence-electron chi connectivity index (χ1n) is 4.71. The summed E-state index contributed by atoms with van der Waals surface area (Å²) in [6.07, 6.45) is 0. The van der Waals surface area contributed by atoms with E-state index in [4.69, 9.17) is 0 Å². The Hall–Kier alpha value is -0.400. The van der Waals surface area contributed by atoms with Crippen molar-refractivity contribution in [2.45, 2.75) is 11.8 Å². The van der Waals surface area contributed by atoms with Crippen molar-refractivity contribution < 1.29 is 14.3 Å². The Kier molecular flexibility index (Phi) is 5.61. The SMILES string of the molecule is COC(=O)C(Br)CNC(=O)c1cc(C)c(Br)s1. The van der Waals surface area contributed by atoms with Crippen LogP contribution in [0.1, 0.15) is 15.2 Å². The number of thiophene rings is 1. The summed E-state index contributed by atoms with van der Waals surface area (Å²) in [6, 6.07) is 1.80. The lowest BCUT2D eigenvalue weighted by Gasteiger charge is -2.08. The highest BCUT2D eigenvalue weighted by atomic mass is 79.9. The van der Waals surface area contributed by atoms with Crippen molar-refractivity contribution in [3.05, 3.63) is 20.3 Å². The van der Waals surface area contributed by atoms with E-state index in [2.05, 4.69) is 41.9 Å². The Morgan fingerprint density at radius 1 is 1.59 bits per heavy atom. The van der Waals surface area contributed by atoms with Crippen LogP contribution in [0.5, 0.6) is 0 Å². The molecule has 0 aliphatic rings. The second kappa shape index (κ2) is 6.51. The zero-order chi connectivity index (χ0) is 13.0. The van der Waals surface area contributed by atoms with E-state index in [1.165, 1.54) is 18.4 Å². The Morgan fingerprint density at radius 2 is 2.24 bits per heavy atom. The fourth-order valence-corrected chi connectivity index (χ4v) is 2.85. The van der Waals surface area contributed by atoms with Gasteiger partial charge >= 0.3 is 5.97 Å². The number of carbonyl (C=O) groups is 2. The monoisotopic (exact) mass is 383 g/mol. The van der Waals surface area contributed by atoms with Crippen LogP contribution in [0.4, 0.5) is 0 Å². The molecule has 0 saturated carbocycles. The van der Waals surface area contributed by atoms with Crippen molar-refractivity contribution >= 4 is 55.1 Å². The van der Waals surface area contributed by atoms with E-state index < -0.39 is 10.8 Å². The summed E-state index contributed by atoms with van der Waals surface area (Å²) in [4.78, 5) is 22.9. The molecule has 0 aromatic carbocycles. The number of amides is 1. The minimum absolute atomic E-state index is 0.195. The van der Waals surface area contributed by atoms with Gasteiger partial charge in [-0.15, -0.1) is 11.3 Å². The van der Waals surface area contributed by atoms with Gasteiger partial charge in [-0.1, -0.05) is 15.9 Å². The van der Waals surface area contributed by atoms with Crippen LogP contribution < -0.4 is 5.32 Å². The van der Waals surface area contributed by atoms with E-state index >= 15 is 0 Å². The van der Waals surface area contributed by atoms with Gasteiger partial charge in [0, 0.05) is 6.54 Å². The normalized spacial score (nSPS) is 12.0. The molecule has 7 heteroatoms. The van der Waals surface area contributed by atoms with Crippen LogP contribution in [-0.4, -0.2) is 30.4 Å². The molecule has 1 aromatic rings. The number of esters is 1. The lowest BCUT2D eigenvalue weighted by molar-refractivity contribution is -0.139. The number of nitrogens with one attached hydrogen (secondary N) is 1. The minimum atomic E-state index is -0.527. The molecule has 1 amide bonds. The number of aryl methyl sites for hydroxylation is 1. The zero-order valence-corrected chi connectivity index (χ0v) is 13.2. The predicted molar refractivity (Wildman–Crippen MR) is 73.8 cm³/mol. The summed E-state index contributed by atoms with van der Waals surface area (Å²) in [6.45, 7) is 2.11. The van der Waals surface area contributed by atoms with Crippen molar-refractivity contribution in [2.75, 3.05) is 13.7 Å². The van der Waals surface area contributed by atoms with Gasteiger partial charge in [0.2, 0.25) is 0 Å². The average molecular weight is 385 g/mol. The van der Waals surface area contributed by atoms with E-state index in [0.717, 1.165) is 9.35 Å². The Bertz CT molecular complexity index is 414. The average Bonchev–Trinajstić information content (AvgIpc) is 2.65. The molecule has 1 heterocycles. The molecule has 0 fully saturated rings. The molecule has 94 valence electrons. The number of rotatable bonds is 4. The van der Waals surface area contributed by atoms with Crippen LogP contribution in [0.25, 0.3) is 0 Å². The second-order valence-electron chi connectivity index (χ2n) is 3.27. The van der Waals surface area contributed by atoms with Crippen LogP contribution >= 0.6 is 43.2 Å². The first kappa shape index (κ1) is 14.7. The van der Waals surface area contributed by atoms with Gasteiger partial charge in [0.25, 0.3) is 5.91 Å². The Morgan fingerprint density at radius 3 is 2.71 bits per heavy atom. The highest BCUT2D eigenvalue weighted by Gasteiger charge is 2.17. The van der Waals surface area contributed by atoms with Gasteiger partial charge in [0.05, 0.1) is 15.8 Å². The summed E-state index contributed by atoms with van der Waals surface area (Å²) in [5.41, 5.74) is 1.02. The van der Waals surface area contributed by atoms with Gasteiger partial charge in [0.1, 0.15) is 4.83 Å². The van der Waals surface area contributed by atoms with Gasteiger partial charge in [-0.2, -0.15) is 0 Å². The van der Waals surface area contributed by atoms with Crippen molar-refractivity contribution in [1.82, 2.24) is 5.32 Å². The molecule has 1 rings (SSSR count). The molecule has 0 spiro atoms. The van der Waals surface area contributed by atoms with Crippen molar-refractivity contribution in [3.63, 3.8) is 0 Å². The number of hydrogen-bond donors (Lipinski definition) is 1. The van der Waals surface area contributed by atoms with Gasteiger partial charge in [-0.05, 0) is 34.5 Å². The van der Waals surface area contributed by atoms with E-state index in [-0.39, 0.29) is 12.5 Å². The maximum atomic E-state index is 11.7. The molecule has 0 saturated heterocycles. The van der Waals surface area contributed by atoms with Gasteiger partial charge in [-0.25, -0.2) is 0 Å². The minimum Gasteiger partial charge on any atom is -0.468 e. The number of hydrogen-bond acceptors (Lipinski definition) is 4. The van der Waals surface area contributed by atoms with Crippen molar-refractivity contribution in [3.8, 4) is 0 Å². The number of halogens is 2. The fourth-order valence-electron chi connectivity index (χ4n) is 1.05. The first-order valence-corrected chi connectivity index (χ1v) is 7.24. The first-order chi connectivity index (χ1) is 7.95. The summed E-state index contributed by atoms with van der Waals surface area (Å²) in [7, 11) is 1.30. The standard InChI is InChI=1S/C10H11Br2NO3S/c1-5-3-7(17-8(5)12)9(14)13-4-6(11)10(15)16-2/h3,6H,4H2,1-2H3,(H,13,14). The third kappa shape index (κ3) is 4.08. The molecule has 0 radical (unpaired) electrons. The third-order valence-corrected chi connectivity index (χ3v) is 4.81. The molecule has 1 unspecified atom stereocenters. The molecule has 1 N–H and O–H groups in total. The van der Waals surface area contributed by atoms with Crippen LogP contribution in [0.3, 0.4) is 0 Å². The van der Waals surface area contributed by atoms with E-state index in [0.29, 0.717) is 4.88 Å². The van der Waals surface area contributed by atoms with E-state index in [9.17, 15) is 9.59 Å². The maximum absolute atomic E-state index is 11.7. The molecule has 0 aliphatic carbocycles. The molecular formula is C10H11Br2NO3S. The quantitative estimate of drug-likeness (QED) is 0.640. The largest absolute Gasteiger partial charge is 0.468 e. The van der Waals surface area contributed by atoms with Gasteiger partial charge < -0.3 is 10.1 Å². The highest BCUT2D eigenvalue weighted by molar-refractivity contribution is 9.11. The molecule has 1 atom stereocenters. The van der Waals surface area contributed by atoms with Crippen molar-refractivity contribution in [2.24, 2.45) is 0 Å². The summed E-state index contributed by atoms with van der Waals surface area (Å²) in [5.74, 6) is -0.606. The lowest BCUT2D eigenvalue weighted by Crippen LogP contribution is -2.33. The van der Waals surface area contributed by atoms with E-state index in [1.807, 2.05) is 6.92 Å². The summed E-state index contributed by atoms with van der Waals surface area (Å²) < 4.78 is 5.47. The van der Waals surface area contributed by atoms with Crippen LogP contribution in [-0.2, 0) is 9.53 Å². The second-order valence-corrected chi connectivity index (χ2v) is 6.74. The van der Waals surface area contributed by atoms with Gasteiger partial charge in [-0.3, -0.25) is 9.59 Å². The molecule has 1 aromatic heterocycles. The number of carbonyl (C=O) groups excluding carboxylic acids is 2. The number of methoxy groups -OCH3 is 1. The number of alkyl halides is 1. The topological polar surface area (TPSA) is 55.4 Å². The highest BCUT2D eigenvalue weighted by Crippen LogP contribution is 2.27. The predicted octanol–water partition coefficient (Wildman–Crippen LogP) is 2.49. The Balaban J connectivity index is 2.53. The molecule has 4 nitrogen and oxygen atoms in total. The smallest absolute Gasteiger partial charge is 0.321 e. The number of ether oxygens (including phenoxy) is 1. The zero-order valence-electron chi connectivity index (χ0n) is 9.25. The molecule has 17 heavy (non-hydrogen) atoms. The lowest BCUT2D eigenvalue weighted by atomic mass is 10.3. The van der Waals surface area contributed by atoms with Crippen LogP contribution in [0, 0.1) is 6.92 Å². The Labute approximate surface area is 120 Å². The maximum Gasteiger partial charge on any atom is 0.321 e. The molecule has 0 bridgehead atoms. The van der Waals surface area contributed by atoms with E-state index in [1.54, 1.807) is 6.07 Å². The van der Waals surface area contributed by atoms with Crippen LogP contribution in [0.2, 0.25) is 0 Å². The molecule has 0 aliphatic heterocycles. The summed E-state index contributed by atoms with van der Waals surface area (Å²) >= 11 is 7.84. The van der Waals surface area contributed by atoms with Gasteiger partial charge in [0.15, 0.2) is 0 Å². The molecular weight excluding hydrogens is 374 g/mol. The third-order valence-electron chi connectivity index (χ3n) is 1.98. The van der Waals surface area contributed by atoms with Crippen molar-refractivity contribution in [1.29, 1.82) is 0 Å². The summed E-state index contributed by atoms with van der Waals surface area (Å²) in [5, 5.41) is 2.66. The van der Waals surface area contributed by atoms with Crippen LogP contribution in [0.15, 0.2) is 9.85 Å².